The van der Waals surface area contributed by atoms with Gasteiger partial charge in [0.15, 0.2) is 0 Å². The van der Waals surface area contributed by atoms with Crippen molar-refractivity contribution < 1.29 is 14.3 Å². The molecule has 0 aliphatic carbocycles. The highest BCUT2D eigenvalue weighted by atomic mass is 16.5. The van der Waals surface area contributed by atoms with E-state index in [-0.39, 0.29) is 17.9 Å². The van der Waals surface area contributed by atoms with Crippen LogP contribution in [0, 0.1) is 11.8 Å². The Balaban J connectivity index is 1.72. The average molecular weight is 325 g/mol. The molecule has 6 nitrogen and oxygen atoms in total. The van der Waals surface area contributed by atoms with E-state index in [0.717, 1.165) is 32.2 Å². The first kappa shape index (κ1) is 18.0. The Morgan fingerprint density at radius 1 is 1.04 bits per heavy atom. The molecular weight excluding hydrogens is 294 g/mol. The van der Waals surface area contributed by atoms with Gasteiger partial charge < -0.3 is 19.9 Å². The first-order chi connectivity index (χ1) is 11.2. The molecule has 2 heterocycles. The van der Waals surface area contributed by atoms with Gasteiger partial charge in [-0.1, -0.05) is 26.7 Å². The molecule has 2 fully saturated rings. The van der Waals surface area contributed by atoms with E-state index in [9.17, 15) is 9.59 Å². The van der Waals surface area contributed by atoms with Crippen molar-refractivity contribution in [2.45, 2.75) is 39.5 Å². The summed E-state index contributed by atoms with van der Waals surface area (Å²) in [5.74, 6) is 0.862. The summed E-state index contributed by atoms with van der Waals surface area (Å²) in [5, 5.41) is 3.04. The van der Waals surface area contributed by atoms with Crippen molar-refractivity contribution in [3.05, 3.63) is 0 Å². The molecule has 0 saturated carbocycles. The first-order valence-electron chi connectivity index (χ1n) is 9.05. The lowest BCUT2D eigenvalue weighted by Crippen LogP contribution is -2.49. The van der Waals surface area contributed by atoms with Crippen LogP contribution in [0.3, 0.4) is 0 Å². The Labute approximate surface area is 139 Å². The zero-order chi connectivity index (χ0) is 16.7. The number of morpholine rings is 1. The zero-order valence-electron chi connectivity index (χ0n) is 14.6. The number of rotatable bonds is 5. The Hall–Kier alpha value is -1.30. The third-order valence-electron chi connectivity index (χ3n) is 5.15. The van der Waals surface area contributed by atoms with Crippen molar-refractivity contribution in [2.75, 3.05) is 45.9 Å². The van der Waals surface area contributed by atoms with Crippen LogP contribution in [0.15, 0.2) is 0 Å². The Morgan fingerprint density at radius 2 is 1.65 bits per heavy atom. The number of hydrogen-bond donors (Lipinski definition) is 1. The maximum atomic E-state index is 12.5. The van der Waals surface area contributed by atoms with Crippen LogP contribution < -0.4 is 5.32 Å². The highest BCUT2D eigenvalue weighted by molar-refractivity contribution is 5.80. The molecule has 132 valence electrons. The minimum atomic E-state index is 0.0224. The van der Waals surface area contributed by atoms with E-state index in [1.54, 1.807) is 0 Å². The van der Waals surface area contributed by atoms with Gasteiger partial charge in [0.05, 0.1) is 13.2 Å². The van der Waals surface area contributed by atoms with Gasteiger partial charge in [0.1, 0.15) is 0 Å². The number of carbonyl (C=O) groups excluding carboxylic acids is 2. The summed E-state index contributed by atoms with van der Waals surface area (Å²) in [6.07, 6.45) is 3.73. The third-order valence-corrected chi connectivity index (χ3v) is 5.15. The summed E-state index contributed by atoms with van der Waals surface area (Å²) in [5.41, 5.74) is 0. The number of carbonyl (C=O) groups is 2. The maximum Gasteiger partial charge on any atom is 0.317 e. The van der Waals surface area contributed by atoms with Crippen LogP contribution in [0.4, 0.5) is 4.79 Å². The van der Waals surface area contributed by atoms with Gasteiger partial charge in [-0.25, -0.2) is 4.79 Å². The fourth-order valence-corrected chi connectivity index (χ4v) is 3.29. The summed E-state index contributed by atoms with van der Waals surface area (Å²) in [6.45, 7) is 9.10. The van der Waals surface area contributed by atoms with Gasteiger partial charge >= 0.3 is 6.03 Å². The highest BCUT2D eigenvalue weighted by Crippen LogP contribution is 2.20. The highest BCUT2D eigenvalue weighted by Gasteiger charge is 2.30. The molecule has 0 radical (unpaired) electrons. The molecule has 0 aromatic carbocycles. The van der Waals surface area contributed by atoms with Crippen LogP contribution in [0.2, 0.25) is 0 Å². The first-order valence-corrected chi connectivity index (χ1v) is 9.05. The van der Waals surface area contributed by atoms with Crippen LogP contribution in [0.5, 0.6) is 0 Å². The molecule has 2 saturated heterocycles. The van der Waals surface area contributed by atoms with E-state index in [1.807, 2.05) is 9.80 Å². The maximum absolute atomic E-state index is 12.5. The number of nitrogens with zero attached hydrogens (tertiary/aromatic N) is 2. The summed E-state index contributed by atoms with van der Waals surface area (Å²) in [7, 11) is 0. The number of piperidine rings is 1. The number of nitrogens with one attached hydrogen (secondary N) is 1. The largest absolute Gasteiger partial charge is 0.378 e. The summed E-state index contributed by atoms with van der Waals surface area (Å²) in [6, 6.07) is 0.0224. The Morgan fingerprint density at radius 3 is 2.22 bits per heavy atom. The minimum Gasteiger partial charge on any atom is -0.378 e. The Kier molecular flexibility index (Phi) is 7.15. The third kappa shape index (κ3) is 5.09. The van der Waals surface area contributed by atoms with Gasteiger partial charge in [-0.2, -0.15) is 0 Å². The molecule has 0 spiro atoms. The van der Waals surface area contributed by atoms with E-state index < -0.39 is 0 Å². The molecule has 0 unspecified atom stereocenters. The Bertz CT molecular complexity index is 385. The van der Waals surface area contributed by atoms with Crippen molar-refractivity contribution in [2.24, 2.45) is 11.8 Å². The SMILES string of the molecule is CCC(CC)CNC(=O)N1CCC(C(=O)N2CCOCC2)CC1. The molecule has 6 heteroatoms. The fourth-order valence-electron chi connectivity index (χ4n) is 3.29. The monoisotopic (exact) mass is 325 g/mol. The van der Waals surface area contributed by atoms with Gasteiger partial charge in [-0.3, -0.25) is 4.79 Å². The van der Waals surface area contributed by atoms with Crippen LogP contribution in [-0.4, -0.2) is 67.7 Å². The molecule has 0 aromatic heterocycles. The smallest absolute Gasteiger partial charge is 0.317 e. The molecule has 0 bridgehead atoms. The minimum absolute atomic E-state index is 0.0224. The molecule has 2 rings (SSSR count). The quantitative estimate of drug-likeness (QED) is 0.837. The predicted molar refractivity (Wildman–Crippen MR) is 89.2 cm³/mol. The van der Waals surface area contributed by atoms with Crippen LogP contribution >= 0.6 is 0 Å². The lowest BCUT2D eigenvalue weighted by Gasteiger charge is -2.35. The van der Waals surface area contributed by atoms with Gasteiger partial charge in [0.2, 0.25) is 5.91 Å². The molecule has 1 N–H and O–H groups in total. The molecule has 2 aliphatic heterocycles. The standard InChI is InChI=1S/C17H31N3O3/c1-3-14(4-2)13-18-17(22)20-7-5-15(6-8-20)16(21)19-9-11-23-12-10-19/h14-15H,3-13H2,1-2H3,(H,18,22). The average Bonchev–Trinajstić information content (AvgIpc) is 2.62. The number of hydrogen-bond acceptors (Lipinski definition) is 3. The van der Waals surface area contributed by atoms with E-state index in [0.29, 0.717) is 45.3 Å². The van der Waals surface area contributed by atoms with E-state index >= 15 is 0 Å². The van der Waals surface area contributed by atoms with Crippen LogP contribution in [0.1, 0.15) is 39.5 Å². The second-order valence-corrected chi connectivity index (χ2v) is 6.57. The van der Waals surface area contributed by atoms with Crippen molar-refractivity contribution in [3.8, 4) is 0 Å². The lowest BCUT2D eigenvalue weighted by atomic mass is 9.95. The number of likely N-dealkylation sites (tertiary alicyclic amines) is 1. The van der Waals surface area contributed by atoms with Crippen LogP contribution in [-0.2, 0) is 9.53 Å². The fraction of sp³-hybridized carbons (Fsp3) is 0.882. The number of amides is 3. The van der Waals surface area contributed by atoms with E-state index in [2.05, 4.69) is 19.2 Å². The second kappa shape index (κ2) is 9.11. The summed E-state index contributed by atoms with van der Waals surface area (Å²) in [4.78, 5) is 28.5. The molecule has 2 aliphatic rings. The van der Waals surface area contributed by atoms with E-state index in [1.165, 1.54) is 0 Å². The molecular formula is C17H31N3O3. The predicted octanol–water partition coefficient (Wildman–Crippen LogP) is 1.70. The molecule has 3 amide bonds. The van der Waals surface area contributed by atoms with Gasteiger partial charge in [-0.15, -0.1) is 0 Å². The van der Waals surface area contributed by atoms with Gasteiger partial charge in [0.25, 0.3) is 0 Å². The topological polar surface area (TPSA) is 61.9 Å². The van der Waals surface area contributed by atoms with Crippen molar-refractivity contribution >= 4 is 11.9 Å². The van der Waals surface area contributed by atoms with Crippen molar-refractivity contribution in [1.82, 2.24) is 15.1 Å². The zero-order valence-corrected chi connectivity index (χ0v) is 14.6. The van der Waals surface area contributed by atoms with Gasteiger partial charge in [-0.05, 0) is 18.8 Å². The van der Waals surface area contributed by atoms with Crippen molar-refractivity contribution in [3.63, 3.8) is 0 Å². The lowest BCUT2D eigenvalue weighted by molar-refractivity contribution is -0.141. The van der Waals surface area contributed by atoms with Crippen molar-refractivity contribution in [1.29, 1.82) is 0 Å². The van der Waals surface area contributed by atoms with E-state index in [4.69, 9.17) is 4.74 Å². The van der Waals surface area contributed by atoms with Gasteiger partial charge in [0, 0.05) is 38.6 Å². The summed E-state index contributed by atoms with van der Waals surface area (Å²) >= 11 is 0. The normalized spacial score (nSPS) is 20.0. The second-order valence-electron chi connectivity index (χ2n) is 6.57. The molecule has 0 atom stereocenters. The number of urea groups is 1. The number of ether oxygens (including phenoxy) is 1. The molecule has 23 heavy (non-hydrogen) atoms. The van der Waals surface area contributed by atoms with Crippen LogP contribution in [0.25, 0.3) is 0 Å². The summed E-state index contributed by atoms with van der Waals surface area (Å²) < 4.78 is 5.30. The molecule has 0 aromatic rings.